The van der Waals surface area contributed by atoms with E-state index in [-0.39, 0.29) is 11.8 Å². The molecule has 0 bridgehead atoms. The normalized spacial score (nSPS) is 15.7. The summed E-state index contributed by atoms with van der Waals surface area (Å²) in [5.41, 5.74) is 2.92. The van der Waals surface area contributed by atoms with Crippen LogP contribution in [0, 0.1) is 5.92 Å². The highest BCUT2D eigenvalue weighted by Gasteiger charge is 2.20. The summed E-state index contributed by atoms with van der Waals surface area (Å²) in [5, 5.41) is 7.18. The van der Waals surface area contributed by atoms with Crippen molar-refractivity contribution in [1.82, 2.24) is 20.1 Å². The Morgan fingerprint density at radius 3 is 2.73 bits per heavy atom. The van der Waals surface area contributed by atoms with Gasteiger partial charge in [-0.05, 0) is 24.5 Å². The predicted molar refractivity (Wildman–Crippen MR) is 84.9 cm³/mol. The van der Waals surface area contributed by atoms with Crippen LogP contribution in [-0.4, -0.2) is 20.7 Å². The van der Waals surface area contributed by atoms with E-state index in [1.54, 1.807) is 10.9 Å². The molecule has 1 saturated carbocycles. The van der Waals surface area contributed by atoms with Crippen LogP contribution in [-0.2, 0) is 18.4 Å². The quantitative estimate of drug-likeness (QED) is 0.944. The molecule has 22 heavy (non-hydrogen) atoms. The van der Waals surface area contributed by atoms with E-state index in [1.807, 2.05) is 31.6 Å². The van der Waals surface area contributed by atoms with Crippen molar-refractivity contribution in [2.75, 3.05) is 0 Å². The first-order chi connectivity index (χ1) is 10.7. The summed E-state index contributed by atoms with van der Waals surface area (Å²) in [6.07, 6.45) is 11.2. The average molecular weight is 298 g/mol. The average Bonchev–Trinajstić information content (AvgIpc) is 3.00. The summed E-state index contributed by atoms with van der Waals surface area (Å²) in [5.74, 6) is 0.396. The molecule has 0 radical (unpaired) electrons. The van der Waals surface area contributed by atoms with Gasteiger partial charge in [0.2, 0.25) is 5.91 Å². The van der Waals surface area contributed by atoms with Crippen molar-refractivity contribution < 1.29 is 4.79 Å². The highest BCUT2D eigenvalue weighted by Crippen LogP contribution is 2.23. The van der Waals surface area contributed by atoms with Crippen LogP contribution in [0.3, 0.4) is 0 Å². The lowest BCUT2D eigenvalue weighted by Gasteiger charge is -2.20. The number of nitrogens with one attached hydrogen (secondary N) is 1. The van der Waals surface area contributed by atoms with Crippen LogP contribution < -0.4 is 5.32 Å². The number of rotatable bonds is 4. The molecule has 3 rings (SSSR count). The molecule has 0 saturated heterocycles. The van der Waals surface area contributed by atoms with Gasteiger partial charge in [0.15, 0.2) is 0 Å². The molecular formula is C17H22N4O. The van der Waals surface area contributed by atoms with Gasteiger partial charge >= 0.3 is 0 Å². The zero-order valence-corrected chi connectivity index (χ0v) is 13.0. The van der Waals surface area contributed by atoms with Crippen molar-refractivity contribution in [3.05, 3.63) is 36.3 Å². The van der Waals surface area contributed by atoms with E-state index in [2.05, 4.69) is 15.4 Å². The highest BCUT2D eigenvalue weighted by atomic mass is 16.1. The van der Waals surface area contributed by atoms with Crippen LogP contribution >= 0.6 is 0 Å². The molecule has 0 aliphatic heterocycles. The van der Waals surface area contributed by atoms with E-state index in [0.29, 0.717) is 6.54 Å². The van der Waals surface area contributed by atoms with Crippen molar-refractivity contribution in [2.45, 2.75) is 38.6 Å². The summed E-state index contributed by atoms with van der Waals surface area (Å²) in [6.45, 7) is 0.551. The zero-order valence-electron chi connectivity index (χ0n) is 13.0. The number of aryl methyl sites for hydroxylation is 1. The fourth-order valence-corrected chi connectivity index (χ4v) is 2.95. The first-order valence-corrected chi connectivity index (χ1v) is 7.94. The molecular weight excluding hydrogens is 276 g/mol. The number of aromatic nitrogens is 3. The zero-order chi connectivity index (χ0) is 15.4. The number of hydrogen-bond donors (Lipinski definition) is 1. The van der Waals surface area contributed by atoms with Gasteiger partial charge in [0, 0.05) is 37.5 Å². The van der Waals surface area contributed by atoms with E-state index >= 15 is 0 Å². The lowest BCUT2D eigenvalue weighted by atomic mass is 9.88. The smallest absolute Gasteiger partial charge is 0.223 e. The Balaban J connectivity index is 1.56. The minimum Gasteiger partial charge on any atom is -0.352 e. The Labute approximate surface area is 130 Å². The van der Waals surface area contributed by atoms with Crippen molar-refractivity contribution >= 4 is 5.91 Å². The van der Waals surface area contributed by atoms with Gasteiger partial charge in [-0.3, -0.25) is 14.5 Å². The molecule has 2 aromatic rings. The Kier molecular flexibility index (Phi) is 4.51. The van der Waals surface area contributed by atoms with Crippen molar-refractivity contribution in [1.29, 1.82) is 0 Å². The number of carbonyl (C=O) groups excluding carboxylic acids is 1. The molecule has 0 aromatic carbocycles. The fourth-order valence-electron chi connectivity index (χ4n) is 2.95. The maximum atomic E-state index is 12.1. The lowest BCUT2D eigenvalue weighted by Crippen LogP contribution is -2.31. The maximum absolute atomic E-state index is 12.1. The summed E-state index contributed by atoms with van der Waals surface area (Å²) in [4.78, 5) is 16.6. The van der Waals surface area contributed by atoms with Crippen LogP contribution in [0.4, 0.5) is 0 Å². The topological polar surface area (TPSA) is 59.8 Å². The molecule has 1 aliphatic rings. The van der Waals surface area contributed by atoms with E-state index in [9.17, 15) is 4.79 Å². The SMILES string of the molecule is Cn1cc(-c2ccc(CNC(=O)C3CCCCC3)cn2)cn1. The number of carbonyl (C=O) groups is 1. The molecule has 1 aliphatic carbocycles. The monoisotopic (exact) mass is 298 g/mol. The largest absolute Gasteiger partial charge is 0.352 e. The second kappa shape index (κ2) is 6.73. The van der Waals surface area contributed by atoms with E-state index < -0.39 is 0 Å². The van der Waals surface area contributed by atoms with Gasteiger partial charge in [-0.2, -0.15) is 5.10 Å². The van der Waals surface area contributed by atoms with E-state index in [4.69, 9.17) is 0 Å². The number of nitrogens with zero attached hydrogens (tertiary/aromatic N) is 3. The first kappa shape index (κ1) is 14.8. The Bertz CT molecular complexity index is 626. The fraction of sp³-hybridized carbons (Fsp3) is 0.471. The molecule has 1 amide bonds. The summed E-state index contributed by atoms with van der Waals surface area (Å²) in [6, 6.07) is 3.98. The predicted octanol–water partition coefficient (Wildman–Crippen LogP) is 2.68. The Hall–Kier alpha value is -2.17. The van der Waals surface area contributed by atoms with Crippen LogP contribution in [0.2, 0.25) is 0 Å². The van der Waals surface area contributed by atoms with Crippen molar-refractivity contribution in [2.24, 2.45) is 13.0 Å². The molecule has 0 unspecified atom stereocenters. The van der Waals surface area contributed by atoms with Gasteiger partial charge in [0.1, 0.15) is 0 Å². The van der Waals surface area contributed by atoms with E-state index in [0.717, 1.165) is 29.7 Å². The number of pyridine rings is 1. The van der Waals surface area contributed by atoms with Crippen molar-refractivity contribution in [3.8, 4) is 11.3 Å². The third-order valence-corrected chi connectivity index (χ3v) is 4.27. The highest BCUT2D eigenvalue weighted by molar-refractivity contribution is 5.78. The summed E-state index contributed by atoms with van der Waals surface area (Å²) in [7, 11) is 1.89. The minimum atomic E-state index is 0.191. The summed E-state index contributed by atoms with van der Waals surface area (Å²) >= 11 is 0. The second-order valence-electron chi connectivity index (χ2n) is 6.01. The van der Waals surface area contributed by atoms with Gasteiger partial charge in [0.05, 0.1) is 11.9 Å². The molecule has 116 valence electrons. The van der Waals surface area contributed by atoms with E-state index in [1.165, 1.54) is 19.3 Å². The third kappa shape index (κ3) is 3.53. The second-order valence-corrected chi connectivity index (χ2v) is 6.01. The summed E-state index contributed by atoms with van der Waals surface area (Å²) < 4.78 is 1.76. The van der Waals surface area contributed by atoms with Gasteiger partial charge in [-0.1, -0.05) is 25.3 Å². The molecule has 2 aromatic heterocycles. The Morgan fingerprint density at radius 2 is 2.09 bits per heavy atom. The molecule has 2 heterocycles. The van der Waals surface area contributed by atoms with Crippen molar-refractivity contribution in [3.63, 3.8) is 0 Å². The van der Waals surface area contributed by atoms with Crippen LogP contribution in [0.25, 0.3) is 11.3 Å². The first-order valence-electron chi connectivity index (χ1n) is 7.94. The molecule has 0 atom stereocenters. The number of amides is 1. The maximum Gasteiger partial charge on any atom is 0.223 e. The molecule has 1 fully saturated rings. The van der Waals surface area contributed by atoms with Crippen LogP contribution in [0.15, 0.2) is 30.7 Å². The molecule has 5 nitrogen and oxygen atoms in total. The van der Waals surface area contributed by atoms with Crippen LogP contribution in [0.1, 0.15) is 37.7 Å². The third-order valence-electron chi connectivity index (χ3n) is 4.27. The molecule has 1 N–H and O–H groups in total. The van der Waals surface area contributed by atoms with Gasteiger partial charge in [-0.15, -0.1) is 0 Å². The molecule has 5 heteroatoms. The Morgan fingerprint density at radius 1 is 1.27 bits per heavy atom. The minimum absolute atomic E-state index is 0.191. The van der Waals surface area contributed by atoms with Gasteiger partial charge in [-0.25, -0.2) is 0 Å². The standard InChI is InChI=1S/C17H22N4O/c1-21-12-15(11-20-21)16-8-7-13(9-18-16)10-19-17(22)14-5-3-2-4-6-14/h7-9,11-12,14H,2-6,10H2,1H3,(H,19,22). The molecule has 0 spiro atoms. The van der Waals surface area contributed by atoms with Gasteiger partial charge < -0.3 is 5.32 Å². The van der Waals surface area contributed by atoms with Gasteiger partial charge in [0.25, 0.3) is 0 Å². The van der Waals surface area contributed by atoms with Crippen LogP contribution in [0.5, 0.6) is 0 Å². The lowest BCUT2D eigenvalue weighted by molar-refractivity contribution is -0.126. The number of hydrogen-bond acceptors (Lipinski definition) is 3.